The van der Waals surface area contributed by atoms with Crippen LogP contribution >= 0.6 is 0 Å². The minimum Gasteiger partial charge on any atom is -0.493 e. The van der Waals surface area contributed by atoms with Gasteiger partial charge in [0.15, 0.2) is 17.3 Å². The maximum absolute atomic E-state index is 13.8. The number of carbonyl (C=O) groups excluding carboxylic acids is 2. The van der Waals surface area contributed by atoms with Gasteiger partial charge >= 0.3 is 0 Å². The van der Waals surface area contributed by atoms with Crippen molar-refractivity contribution in [2.45, 2.75) is 51.0 Å². The normalized spacial score (nSPS) is 21.1. The Morgan fingerprint density at radius 2 is 1.81 bits per heavy atom. The number of hydrogen-bond donors (Lipinski definition) is 1. The molecule has 2 atom stereocenters. The molecule has 1 heterocycles. The molecule has 2 aromatic carbocycles. The predicted molar refractivity (Wildman–Crippen MR) is 115 cm³/mol. The number of amides is 1. The second-order valence-corrected chi connectivity index (χ2v) is 8.36. The average Bonchev–Trinajstić information content (AvgIpc) is 2.72. The second-order valence-electron chi connectivity index (χ2n) is 8.36. The van der Waals surface area contributed by atoms with Crippen LogP contribution in [0.5, 0.6) is 11.5 Å². The number of rotatable bonds is 5. The van der Waals surface area contributed by atoms with E-state index in [1.807, 2.05) is 32.0 Å². The molecule has 6 heteroatoms. The minimum absolute atomic E-state index is 0.0121. The molecule has 0 saturated carbocycles. The van der Waals surface area contributed by atoms with Gasteiger partial charge in [0.1, 0.15) is 5.82 Å². The number of methoxy groups -OCH3 is 1. The molecule has 0 bridgehead atoms. The van der Waals surface area contributed by atoms with E-state index in [1.165, 1.54) is 12.1 Å². The molecular weight excluding hydrogens is 397 g/mol. The van der Waals surface area contributed by atoms with Gasteiger partial charge in [0.05, 0.1) is 13.2 Å². The highest BCUT2D eigenvalue weighted by molar-refractivity contribution is 6.02. The van der Waals surface area contributed by atoms with Crippen LogP contribution in [0.1, 0.15) is 56.1 Å². The maximum Gasteiger partial charge on any atom is 0.225 e. The first-order valence-electron chi connectivity index (χ1n) is 10.5. The molecule has 1 aliphatic carbocycles. The molecule has 2 unspecified atom stereocenters. The van der Waals surface area contributed by atoms with Gasteiger partial charge in [-0.1, -0.05) is 18.2 Å². The van der Waals surface area contributed by atoms with Crippen LogP contribution in [0.3, 0.4) is 0 Å². The fourth-order valence-corrected chi connectivity index (χ4v) is 4.49. The Kier molecular flexibility index (Phi) is 5.81. The van der Waals surface area contributed by atoms with Crippen LogP contribution in [0.4, 0.5) is 4.39 Å². The molecule has 31 heavy (non-hydrogen) atoms. The topological polar surface area (TPSA) is 64.6 Å². The summed E-state index contributed by atoms with van der Waals surface area (Å²) in [5, 5.41) is 2.90. The number of benzene rings is 2. The zero-order chi connectivity index (χ0) is 22.1. The third kappa shape index (κ3) is 4.33. The van der Waals surface area contributed by atoms with E-state index in [1.54, 1.807) is 19.2 Å². The third-order valence-electron chi connectivity index (χ3n) is 5.81. The van der Waals surface area contributed by atoms with Crippen molar-refractivity contribution in [3.63, 3.8) is 0 Å². The first-order chi connectivity index (χ1) is 14.9. The highest BCUT2D eigenvalue weighted by Crippen LogP contribution is 2.44. The first kappa shape index (κ1) is 21.1. The summed E-state index contributed by atoms with van der Waals surface area (Å²) in [6.45, 7) is 3.89. The van der Waals surface area contributed by atoms with Gasteiger partial charge in [-0.25, -0.2) is 4.39 Å². The summed E-state index contributed by atoms with van der Waals surface area (Å²) >= 11 is 0. The van der Waals surface area contributed by atoms with Crippen molar-refractivity contribution in [3.8, 4) is 11.5 Å². The van der Waals surface area contributed by atoms with E-state index < -0.39 is 5.92 Å². The van der Waals surface area contributed by atoms with Gasteiger partial charge in [-0.2, -0.15) is 0 Å². The SMILES string of the molecule is COc1cc(C2CC(=O)C3=C(C2)NC(=O)CC3c2cccc(F)c2)ccc1OC(C)C. The van der Waals surface area contributed by atoms with Crippen LogP contribution in [0, 0.1) is 5.82 Å². The monoisotopic (exact) mass is 423 g/mol. The van der Waals surface area contributed by atoms with Crippen LogP contribution in [0.15, 0.2) is 53.7 Å². The van der Waals surface area contributed by atoms with Crippen LogP contribution in [0.25, 0.3) is 0 Å². The summed E-state index contributed by atoms with van der Waals surface area (Å²) in [6, 6.07) is 11.9. The molecule has 162 valence electrons. The number of nitrogens with one attached hydrogen (secondary N) is 1. The van der Waals surface area contributed by atoms with Crippen LogP contribution in [-0.2, 0) is 9.59 Å². The van der Waals surface area contributed by atoms with Gasteiger partial charge in [-0.15, -0.1) is 0 Å². The molecule has 5 nitrogen and oxygen atoms in total. The van der Waals surface area contributed by atoms with Crippen molar-refractivity contribution >= 4 is 11.7 Å². The highest BCUT2D eigenvalue weighted by atomic mass is 19.1. The molecule has 0 fully saturated rings. The van der Waals surface area contributed by atoms with Gasteiger partial charge < -0.3 is 14.8 Å². The van der Waals surface area contributed by atoms with Crippen molar-refractivity contribution in [3.05, 3.63) is 70.7 Å². The molecule has 1 N–H and O–H groups in total. The summed E-state index contributed by atoms with van der Waals surface area (Å²) in [4.78, 5) is 25.6. The van der Waals surface area contributed by atoms with E-state index in [-0.39, 0.29) is 36.0 Å². The number of Topliss-reactive ketones (excluding diaryl/α,β-unsaturated/α-hetero) is 1. The number of carbonyl (C=O) groups is 2. The minimum atomic E-state index is -0.413. The van der Waals surface area contributed by atoms with Crippen LogP contribution < -0.4 is 14.8 Å². The third-order valence-corrected chi connectivity index (χ3v) is 5.81. The molecule has 2 aliphatic rings. The largest absolute Gasteiger partial charge is 0.493 e. The van der Waals surface area contributed by atoms with Crippen molar-refractivity contribution in [1.82, 2.24) is 5.32 Å². The standard InChI is InChI=1S/C25H26FNO4/c1-14(2)31-22-8-7-15(12-23(22)30-3)17-10-20-25(21(28)11-17)19(13-24(29)27-20)16-5-4-6-18(26)9-16/h4-9,12,14,17,19H,10-11,13H2,1-3H3,(H,27,29). The van der Waals surface area contributed by atoms with E-state index in [0.29, 0.717) is 41.2 Å². The Morgan fingerprint density at radius 1 is 1.00 bits per heavy atom. The molecule has 2 aromatic rings. The van der Waals surface area contributed by atoms with Gasteiger partial charge in [0.2, 0.25) is 5.91 Å². The fourth-order valence-electron chi connectivity index (χ4n) is 4.49. The van der Waals surface area contributed by atoms with Crippen molar-refractivity contribution in [2.75, 3.05) is 7.11 Å². The van der Waals surface area contributed by atoms with Gasteiger partial charge in [0, 0.05) is 30.0 Å². The Bertz CT molecular complexity index is 1060. The number of allylic oxidation sites excluding steroid dienone is 2. The lowest BCUT2D eigenvalue weighted by Crippen LogP contribution is -2.38. The van der Waals surface area contributed by atoms with Gasteiger partial charge in [-0.3, -0.25) is 9.59 Å². The Morgan fingerprint density at radius 3 is 2.52 bits per heavy atom. The maximum atomic E-state index is 13.8. The molecule has 0 saturated heterocycles. The summed E-state index contributed by atoms with van der Waals surface area (Å²) < 4.78 is 25.1. The molecule has 0 aromatic heterocycles. The summed E-state index contributed by atoms with van der Waals surface area (Å²) in [6.07, 6.45) is 1.02. The Balaban J connectivity index is 1.66. The van der Waals surface area contributed by atoms with Crippen molar-refractivity contribution in [1.29, 1.82) is 0 Å². The molecule has 4 rings (SSSR count). The molecule has 0 spiro atoms. The zero-order valence-electron chi connectivity index (χ0n) is 17.9. The number of ether oxygens (including phenoxy) is 2. The smallest absolute Gasteiger partial charge is 0.225 e. The number of ketones is 1. The van der Waals surface area contributed by atoms with E-state index in [2.05, 4.69) is 5.32 Å². The van der Waals surface area contributed by atoms with Crippen LogP contribution in [-0.4, -0.2) is 24.9 Å². The van der Waals surface area contributed by atoms with Gasteiger partial charge in [0.25, 0.3) is 0 Å². The number of halogens is 1. The summed E-state index contributed by atoms with van der Waals surface area (Å²) in [5.74, 6) is 0.234. The lowest BCUT2D eigenvalue weighted by molar-refractivity contribution is -0.122. The highest BCUT2D eigenvalue weighted by Gasteiger charge is 2.38. The fraction of sp³-hybridized carbons (Fsp3) is 0.360. The van der Waals surface area contributed by atoms with E-state index >= 15 is 0 Å². The molecular formula is C25H26FNO4. The van der Waals surface area contributed by atoms with E-state index in [9.17, 15) is 14.0 Å². The lowest BCUT2D eigenvalue weighted by atomic mass is 9.73. The quantitative estimate of drug-likeness (QED) is 0.762. The number of hydrogen-bond acceptors (Lipinski definition) is 4. The summed E-state index contributed by atoms with van der Waals surface area (Å²) in [5.41, 5.74) is 2.86. The lowest BCUT2D eigenvalue weighted by Gasteiger charge is -2.34. The molecule has 1 amide bonds. The molecule has 1 aliphatic heterocycles. The Hall–Kier alpha value is -3.15. The van der Waals surface area contributed by atoms with Crippen molar-refractivity contribution in [2.24, 2.45) is 0 Å². The summed E-state index contributed by atoms with van der Waals surface area (Å²) in [7, 11) is 1.59. The zero-order valence-corrected chi connectivity index (χ0v) is 17.9. The van der Waals surface area contributed by atoms with E-state index in [4.69, 9.17) is 9.47 Å². The molecule has 0 radical (unpaired) electrons. The predicted octanol–water partition coefficient (Wildman–Crippen LogP) is 4.63. The average molecular weight is 423 g/mol. The second kappa shape index (κ2) is 8.53. The van der Waals surface area contributed by atoms with E-state index in [0.717, 1.165) is 5.56 Å². The van der Waals surface area contributed by atoms with Crippen LogP contribution in [0.2, 0.25) is 0 Å². The Labute approximate surface area is 181 Å². The van der Waals surface area contributed by atoms with Gasteiger partial charge in [-0.05, 0) is 61.6 Å². The van der Waals surface area contributed by atoms with Crippen molar-refractivity contribution < 1.29 is 23.5 Å². The first-order valence-corrected chi connectivity index (χ1v) is 10.5.